The van der Waals surface area contributed by atoms with Gasteiger partial charge in [0.2, 0.25) is 0 Å². The average Bonchev–Trinajstić information content (AvgIpc) is 3.48. The van der Waals surface area contributed by atoms with Crippen molar-refractivity contribution < 1.29 is 0 Å². The Morgan fingerprint density at radius 2 is 2.03 bits per heavy atom. The number of thiazole rings is 1. The minimum atomic E-state index is 0.690. The van der Waals surface area contributed by atoms with E-state index in [1.165, 1.54) is 16.0 Å². The topological polar surface area (TPSA) is 43.6 Å². The zero-order valence-electron chi connectivity index (χ0n) is 17.2. The highest BCUT2D eigenvalue weighted by Crippen LogP contribution is 2.32. The molecule has 4 nitrogen and oxygen atoms in total. The molecule has 1 aromatic carbocycles. The van der Waals surface area contributed by atoms with Gasteiger partial charge in [-0.3, -0.25) is 4.57 Å². The van der Waals surface area contributed by atoms with E-state index in [1.54, 1.807) is 34.4 Å². The average molecular weight is 453 g/mol. The number of allylic oxidation sites excluding steroid dienone is 1. The predicted molar refractivity (Wildman–Crippen MR) is 129 cm³/mol. The number of thioether (sulfide) groups is 1. The summed E-state index contributed by atoms with van der Waals surface area (Å²) in [5.74, 6) is 1.68. The Bertz CT molecular complexity index is 1140. The van der Waals surface area contributed by atoms with E-state index in [9.17, 15) is 0 Å². The summed E-state index contributed by atoms with van der Waals surface area (Å²) in [7, 11) is 0. The molecule has 0 radical (unpaired) electrons. The molecule has 0 saturated carbocycles. The second-order valence-corrected chi connectivity index (χ2v) is 9.80. The Morgan fingerprint density at radius 3 is 2.83 bits per heavy atom. The van der Waals surface area contributed by atoms with Gasteiger partial charge in [0, 0.05) is 39.1 Å². The molecule has 0 saturated heterocycles. The fourth-order valence-electron chi connectivity index (χ4n) is 3.23. The molecule has 0 unspecified atom stereocenters. The summed E-state index contributed by atoms with van der Waals surface area (Å²) in [6, 6.07) is 10.6. The smallest absolute Gasteiger partial charge is 0.192 e. The Labute approximate surface area is 189 Å². The maximum atomic E-state index is 4.84. The Kier molecular flexibility index (Phi) is 6.82. The van der Waals surface area contributed by atoms with Gasteiger partial charge in [-0.05, 0) is 25.0 Å². The van der Waals surface area contributed by atoms with Gasteiger partial charge in [0.25, 0.3) is 0 Å². The highest BCUT2D eigenvalue weighted by molar-refractivity contribution is 7.98. The lowest BCUT2D eigenvalue weighted by Gasteiger charge is -2.06. The van der Waals surface area contributed by atoms with Crippen molar-refractivity contribution in [2.75, 3.05) is 0 Å². The van der Waals surface area contributed by atoms with Crippen LogP contribution in [0.25, 0.3) is 22.0 Å². The van der Waals surface area contributed by atoms with Crippen LogP contribution in [0.4, 0.5) is 0 Å². The third-order valence-corrected chi connectivity index (χ3v) is 7.63. The summed E-state index contributed by atoms with van der Waals surface area (Å²) < 4.78 is 2.14. The Hall–Kier alpha value is -2.22. The van der Waals surface area contributed by atoms with Crippen molar-refractivity contribution in [3.05, 3.63) is 69.9 Å². The van der Waals surface area contributed by atoms with Crippen molar-refractivity contribution in [1.29, 1.82) is 0 Å². The minimum Gasteiger partial charge on any atom is -0.298 e. The normalized spacial score (nSPS) is 11.1. The molecule has 4 aromatic rings. The number of thiophene rings is 1. The molecule has 4 rings (SSSR count). The molecule has 154 valence electrons. The highest BCUT2D eigenvalue weighted by Gasteiger charge is 2.16. The lowest BCUT2D eigenvalue weighted by Crippen LogP contribution is -2.00. The van der Waals surface area contributed by atoms with Gasteiger partial charge in [-0.2, -0.15) is 0 Å². The lowest BCUT2D eigenvalue weighted by atomic mass is 10.1. The van der Waals surface area contributed by atoms with Gasteiger partial charge in [0.1, 0.15) is 5.01 Å². The summed E-state index contributed by atoms with van der Waals surface area (Å²) in [4.78, 5) is 6.23. The van der Waals surface area contributed by atoms with Crippen LogP contribution in [0.15, 0.2) is 58.9 Å². The van der Waals surface area contributed by atoms with E-state index in [0.717, 1.165) is 45.8 Å². The molecule has 0 amide bonds. The van der Waals surface area contributed by atoms with Crippen LogP contribution < -0.4 is 0 Å². The third kappa shape index (κ3) is 4.58. The fourth-order valence-corrected chi connectivity index (χ4v) is 6.05. The van der Waals surface area contributed by atoms with Gasteiger partial charge < -0.3 is 0 Å². The highest BCUT2D eigenvalue weighted by atomic mass is 32.2. The van der Waals surface area contributed by atoms with Crippen molar-refractivity contribution in [2.45, 2.75) is 44.1 Å². The van der Waals surface area contributed by atoms with Crippen molar-refractivity contribution in [2.24, 2.45) is 0 Å². The summed E-state index contributed by atoms with van der Waals surface area (Å²) in [5.41, 5.74) is 4.66. The molecular weight excluding hydrogens is 428 g/mol. The zero-order chi connectivity index (χ0) is 20.9. The maximum Gasteiger partial charge on any atom is 0.192 e. The second kappa shape index (κ2) is 9.73. The van der Waals surface area contributed by atoms with Gasteiger partial charge in [-0.15, -0.1) is 39.4 Å². The van der Waals surface area contributed by atoms with Crippen LogP contribution in [-0.2, 0) is 18.7 Å². The molecule has 0 atom stereocenters. The first kappa shape index (κ1) is 21.0. The SMILES string of the molecule is C=CCn1c(SCc2csc(-c3ccccc3C)n2)nnc1-c1csc(CCC)c1. The van der Waals surface area contributed by atoms with Gasteiger partial charge in [0.15, 0.2) is 11.0 Å². The van der Waals surface area contributed by atoms with Crippen molar-refractivity contribution in [3.63, 3.8) is 0 Å². The Morgan fingerprint density at radius 1 is 1.17 bits per heavy atom. The molecule has 7 heteroatoms. The Balaban J connectivity index is 1.52. The zero-order valence-corrected chi connectivity index (χ0v) is 19.6. The monoisotopic (exact) mass is 452 g/mol. The summed E-state index contributed by atoms with van der Waals surface area (Å²) in [5, 5.41) is 15.2. The first-order chi connectivity index (χ1) is 14.7. The standard InChI is InChI=1S/C23H24N4S3/c1-4-8-19-12-17(13-28-19)21-25-26-23(27(21)11-5-2)30-15-18-14-29-22(24-18)20-10-7-6-9-16(20)3/h5-7,9-10,12-14H,2,4,8,11,15H2,1,3H3. The molecule has 30 heavy (non-hydrogen) atoms. The van der Waals surface area contributed by atoms with E-state index in [2.05, 4.69) is 76.3 Å². The second-order valence-electron chi connectivity index (χ2n) is 7.00. The fraction of sp³-hybridized carbons (Fsp3) is 0.261. The van der Waals surface area contributed by atoms with E-state index in [1.807, 2.05) is 6.08 Å². The van der Waals surface area contributed by atoms with Crippen LogP contribution in [0.3, 0.4) is 0 Å². The quantitative estimate of drug-likeness (QED) is 0.205. The predicted octanol–water partition coefficient (Wildman–Crippen LogP) is 6.87. The molecule has 0 aliphatic rings. The first-order valence-electron chi connectivity index (χ1n) is 9.94. The van der Waals surface area contributed by atoms with Crippen LogP contribution in [0.1, 0.15) is 29.5 Å². The van der Waals surface area contributed by atoms with Gasteiger partial charge in [0.05, 0.1) is 5.69 Å². The number of aryl methyl sites for hydroxylation is 2. The molecule has 3 heterocycles. The van der Waals surface area contributed by atoms with Crippen LogP contribution >= 0.6 is 34.4 Å². The molecule has 0 spiro atoms. The summed E-state index contributed by atoms with van der Waals surface area (Å²) in [6.45, 7) is 8.94. The lowest BCUT2D eigenvalue weighted by molar-refractivity contribution is 0.731. The minimum absolute atomic E-state index is 0.690. The van der Waals surface area contributed by atoms with Crippen molar-refractivity contribution >= 4 is 34.4 Å². The molecule has 0 aliphatic heterocycles. The number of aromatic nitrogens is 4. The molecular formula is C23H24N4S3. The number of rotatable bonds is 9. The van der Waals surface area contributed by atoms with Crippen LogP contribution in [0.5, 0.6) is 0 Å². The number of benzene rings is 1. The number of nitrogens with zero attached hydrogens (tertiary/aromatic N) is 4. The first-order valence-corrected chi connectivity index (χ1v) is 12.7. The van der Waals surface area contributed by atoms with E-state index < -0.39 is 0 Å². The maximum absolute atomic E-state index is 4.84. The van der Waals surface area contributed by atoms with Gasteiger partial charge >= 0.3 is 0 Å². The molecule has 0 fully saturated rings. The summed E-state index contributed by atoms with van der Waals surface area (Å²) in [6.07, 6.45) is 4.16. The van der Waals surface area contributed by atoms with Crippen LogP contribution in [-0.4, -0.2) is 19.7 Å². The van der Waals surface area contributed by atoms with E-state index >= 15 is 0 Å². The molecule has 0 N–H and O–H groups in total. The largest absolute Gasteiger partial charge is 0.298 e. The van der Waals surface area contributed by atoms with Crippen molar-refractivity contribution in [3.8, 4) is 22.0 Å². The van der Waals surface area contributed by atoms with Gasteiger partial charge in [-0.1, -0.05) is 55.4 Å². The number of hydrogen-bond donors (Lipinski definition) is 0. The van der Waals surface area contributed by atoms with E-state index in [4.69, 9.17) is 4.98 Å². The van der Waals surface area contributed by atoms with Crippen LogP contribution in [0.2, 0.25) is 0 Å². The van der Waals surface area contributed by atoms with Crippen molar-refractivity contribution in [1.82, 2.24) is 19.7 Å². The number of hydrogen-bond acceptors (Lipinski definition) is 6. The summed E-state index contributed by atoms with van der Waals surface area (Å²) >= 11 is 5.16. The van der Waals surface area contributed by atoms with Gasteiger partial charge in [-0.25, -0.2) is 4.98 Å². The van der Waals surface area contributed by atoms with E-state index in [0.29, 0.717) is 6.54 Å². The molecule has 3 aromatic heterocycles. The third-order valence-electron chi connectivity index (χ3n) is 4.71. The molecule has 0 bridgehead atoms. The molecule has 0 aliphatic carbocycles. The van der Waals surface area contributed by atoms with E-state index in [-0.39, 0.29) is 0 Å². The van der Waals surface area contributed by atoms with Crippen LogP contribution in [0, 0.1) is 6.92 Å².